The van der Waals surface area contributed by atoms with E-state index in [2.05, 4.69) is 41.9 Å². The number of carbonyl (C=O) groups excluding carboxylic acids is 1. The number of aryl methyl sites for hydroxylation is 1. The highest BCUT2D eigenvalue weighted by Gasteiger charge is 2.11. The van der Waals surface area contributed by atoms with E-state index in [1.54, 1.807) is 24.3 Å². The van der Waals surface area contributed by atoms with E-state index in [1.165, 1.54) is 5.56 Å². The molecule has 36 heavy (non-hydrogen) atoms. The molecule has 0 aliphatic rings. The molecule has 1 N–H and O–H groups in total. The summed E-state index contributed by atoms with van der Waals surface area (Å²) in [6.45, 7) is 6.13. The average Bonchev–Trinajstić information content (AvgIpc) is 3.24. The Kier molecular flexibility index (Phi) is 8.85. The lowest BCUT2D eigenvalue weighted by Gasteiger charge is -2.12. The van der Waals surface area contributed by atoms with Gasteiger partial charge in [-0.15, -0.1) is 0 Å². The zero-order valence-electron chi connectivity index (χ0n) is 20.7. The van der Waals surface area contributed by atoms with E-state index in [1.807, 2.05) is 30.3 Å². The van der Waals surface area contributed by atoms with Crippen LogP contribution in [0.5, 0.6) is 11.5 Å². The molecule has 1 heterocycles. The van der Waals surface area contributed by atoms with Crippen molar-refractivity contribution in [1.82, 2.24) is 14.9 Å². The first kappa shape index (κ1) is 25.6. The number of nitrogens with one attached hydrogen (secondary N) is 1. The van der Waals surface area contributed by atoms with Gasteiger partial charge in [0.05, 0.1) is 17.6 Å². The van der Waals surface area contributed by atoms with Crippen molar-refractivity contribution >= 4 is 28.5 Å². The van der Waals surface area contributed by atoms with Crippen LogP contribution >= 0.6 is 11.6 Å². The molecule has 6 nitrogen and oxygen atoms in total. The quantitative estimate of drug-likeness (QED) is 0.239. The monoisotopic (exact) mass is 505 g/mol. The van der Waals surface area contributed by atoms with Crippen LogP contribution in [0.1, 0.15) is 37.6 Å². The molecule has 0 saturated carbocycles. The van der Waals surface area contributed by atoms with Crippen molar-refractivity contribution in [2.45, 2.75) is 39.2 Å². The summed E-state index contributed by atoms with van der Waals surface area (Å²) in [6, 6.07) is 23.4. The maximum atomic E-state index is 12.1. The van der Waals surface area contributed by atoms with E-state index in [9.17, 15) is 4.79 Å². The predicted molar refractivity (Wildman–Crippen MR) is 144 cm³/mol. The Morgan fingerprint density at radius 1 is 0.972 bits per heavy atom. The maximum absolute atomic E-state index is 12.1. The van der Waals surface area contributed by atoms with E-state index in [0.29, 0.717) is 36.4 Å². The SMILES string of the molecule is CC(C)c1ccc(OCCn2c(CCCNC(=O)COc3ccc(Cl)cc3)nc3ccccc32)cc1. The van der Waals surface area contributed by atoms with Crippen LogP contribution in [0.15, 0.2) is 72.8 Å². The minimum atomic E-state index is -0.157. The lowest BCUT2D eigenvalue weighted by atomic mass is 10.0. The molecular formula is C29H32ClN3O3. The smallest absolute Gasteiger partial charge is 0.257 e. The summed E-state index contributed by atoms with van der Waals surface area (Å²) < 4.78 is 13.7. The fourth-order valence-corrected chi connectivity index (χ4v) is 4.10. The Labute approximate surface area is 217 Å². The Balaban J connectivity index is 1.27. The second kappa shape index (κ2) is 12.5. The topological polar surface area (TPSA) is 65.4 Å². The van der Waals surface area contributed by atoms with Crippen LogP contribution in [0, 0.1) is 0 Å². The molecule has 0 bridgehead atoms. The Morgan fingerprint density at radius 2 is 1.67 bits per heavy atom. The van der Waals surface area contributed by atoms with E-state index in [4.69, 9.17) is 26.1 Å². The molecule has 4 rings (SSSR count). The summed E-state index contributed by atoms with van der Waals surface area (Å²) in [4.78, 5) is 17.0. The van der Waals surface area contributed by atoms with Gasteiger partial charge in [0.25, 0.3) is 5.91 Å². The Hall–Kier alpha value is -3.51. The van der Waals surface area contributed by atoms with Gasteiger partial charge >= 0.3 is 0 Å². The van der Waals surface area contributed by atoms with Crippen molar-refractivity contribution in [3.05, 3.63) is 89.2 Å². The second-order valence-corrected chi connectivity index (χ2v) is 9.37. The number of nitrogens with zero attached hydrogens (tertiary/aromatic N) is 2. The third-order valence-electron chi connectivity index (χ3n) is 5.95. The van der Waals surface area contributed by atoms with Crippen LogP contribution in [0.3, 0.4) is 0 Å². The van der Waals surface area contributed by atoms with Gasteiger partial charge < -0.3 is 19.4 Å². The molecule has 0 radical (unpaired) electrons. The summed E-state index contributed by atoms with van der Waals surface area (Å²) in [5.74, 6) is 2.81. The van der Waals surface area contributed by atoms with Crippen molar-refractivity contribution in [2.75, 3.05) is 19.8 Å². The molecule has 4 aromatic rings. The molecule has 0 aliphatic carbocycles. The zero-order chi connectivity index (χ0) is 25.3. The van der Waals surface area contributed by atoms with E-state index in [-0.39, 0.29) is 12.5 Å². The number of rotatable bonds is 12. The number of hydrogen-bond acceptors (Lipinski definition) is 4. The molecule has 7 heteroatoms. The molecule has 0 fully saturated rings. The number of benzene rings is 3. The van der Waals surface area contributed by atoms with Crippen molar-refractivity contribution in [3.8, 4) is 11.5 Å². The van der Waals surface area contributed by atoms with Gasteiger partial charge in [0.1, 0.15) is 23.9 Å². The number of imidazole rings is 1. The molecule has 1 amide bonds. The third-order valence-corrected chi connectivity index (χ3v) is 6.20. The van der Waals surface area contributed by atoms with Crippen molar-refractivity contribution in [3.63, 3.8) is 0 Å². The highest BCUT2D eigenvalue weighted by atomic mass is 35.5. The minimum Gasteiger partial charge on any atom is -0.492 e. The number of carbonyl (C=O) groups is 1. The van der Waals surface area contributed by atoms with Crippen LogP contribution in [0.4, 0.5) is 0 Å². The Morgan fingerprint density at radius 3 is 2.42 bits per heavy atom. The van der Waals surface area contributed by atoms with Crippen LogP contribution < -0.4 is 14.8 Å². The second-order valence-electron chi connectivity index (χ2n) is 8.94. The summed E-state index contributed by atoms with van der Waals surface area (Å²) >= 11 is 5.87. The largest absolute Gasteiger partial charge is 0.492 e. The molecular weight excluding hydrogens is 474 g/mol. The van der Waals surface area contributed by atoms with Gasteiger partial charge in [-0.1, -0.05) is 49.7 Å². The van der Waals surface area contributed by atoms with E-state index in [0.717, 1.165) is 35.4 Å². The van der Waals surface area contributed by atoms with Gasteiger partial charge in [0, 0.05) is 18.0 Å². The van der Waals surface area contributed by atoms with E-state index < -0.39 is 0 Å². The summed E-state index contributed by atoms with van der Waals surface area (Å²) in [6.07, 6.45) is 1.52. The molecule has 0 spiro atoms. The van der Waals surface area contributed by atoms with Gasteiger partial charge in [-0.2, -0.15) is 0 Å². The lowest BCUT2D eigenvalue weighted by molar-refractivity contribution is -0.123. The van der Waals surface area contributed by atoms with Gasteiger partial charge in [-0.25, -0.2) is 4.98 Å². The summed E-state index contributed by atoms with van der Waals surface area (Å²) in [5.41, 5.74) is 3.36. The molecule has 0 atom stereocenters. The first-order valence-electron chi connectivity index (χ1n) is 12.3. The minimum absolute atomic E-state index is 0.0321. The molecule has 188 valence electrons. The maximum Gasteiger partial charge on any atom is 0.257 e. The van der Waals surface area contributed by atoms with Crippen molar-refractivity contribution in [1.29, 1.82) is 0 Å². The number of ether oxygens (including phenoxy) is 2. The number of fused-ring (bicyclic) bond motifs is 1. The molecule has 1 aromatic heterocycles. The molecule has 0 unspecified atom stereocenters. The number of para-hydroxylation sites is 2. The van der Waals surface area contributed by atoms with Crippen molar-refractivity contribution in [2.24, 2.45) is 0 Å². The first-order valence-corrected chi connectivity index (χ1v) is 12.7. The predicted octanol–water partition coefficient (Wildman–Crippen LogP) is 6.02. The number of aromatic nitrogens is 2. The van der Waals surface area contributed by atoms with Crippen LogP contribution in [-0.4, -0.2) is 35.2 Å². The number of hydrogen-bond donors (Lipinski definition) is 1. The van der Waals surface area contributed by atoms with Crippen LogP contribution in [-0.2, 0) is 17.8 Å². The number of amides is 1. The fraction of sp³-hybridized carbons (Fsp3) is 0.310. The first-order chi connectivity index (χ1) is 17.5. The molecule has 0 aliphatic heterocycles. The van der Waals surface area contributed by atoms with Crippen LogP contribution in [0.25, 0.3) is 11.0 Å². The highest BCUT2D eigenvalue weighted by molar-refractivity contribution is 6.30. The normalized spacial score (nSPS) is 11.1. The van der Waals surface area contributed by atoms with Gasteiger partial charge in [0.15, 0.2) is 6.61 Å². The van der Waals surface area contributed by atoms with Gasteiger partial charge in [-0.05, 0) is 66.4 Å². The average molecular weight is 506 g/mol. The van der Waals surface area contributed by atoms with Crippen LogP contribution in [0.2, 0.25) is 5.02 Å². The third kappa shape index (κ3) is 7.01. The molecule has 0 saturated heterocycles. The van der Waals surface area contributed by atoms with Crippen molar-refractivity contribution < 1.29 is 14.3 Å². The van der Waals surface area contributed by atoms with Gasteiger partial charge in [-0.3, -0.25) is 4.79 Å². The Bertz CT molecular complexity index is 1270. The fourth-order valence-electron chi connectivity index (χ4n) is 3.97. The number of halogens is 1. The summed E-state index contributed by atoms with van der Waals surface area (Å²) in [7, 11) is 0. The highest BCUT2D eigenvalue weighted by Crippen LogP contribution is 2.20. The summed E-state index contributed by atoms with van der Waals surface area (Å²) in [5, 5.41) is 3.54. The lowest BCUT2D eigenvalue weighted by Crippen LogP contribution is -2.30. The standard InChI is InChI=1S/C29H32ClN3O3/c1-21(2)22-9-13-24(14-10-22)35-19-18-33-27-7-4-3-6-26(27)32-28(33)8-5-17-31-29(34)20-36-25-15-11-23(30)12-16-25/h3-4,6-7,9-16,21H,5,8,17-20H2,1-2H3,(H,31,34). The van der Waals surface area contributed by atoms with E-state index >= 15 is 0 Å². The zero-order valence-corrected chi connectivity index (χ0v) is 21.5. The van der Waals surface area contributed by atoms with Gasteiger partial charge in [0.2, 0.25) is 0 Å². The molecule has 3 aromatic carbocycles.